The van der Waals surface area contributed by atoms with Gasteiger partial charge in [-0.2, -0.15) is 13.2 Å². The summed E-state index contributed by atoms with van der Waals surface area (Å²) in [6.07, 6.45) is -4.45. The van der Waals surface area contributed by atoms with Gasteiger partial charge in [-0.1, -0.05) is 53.7 Å². The quantitative estimate of drug-likeness (QED) is 0.236. The van der Waals surface area contributed by atoms with E-state index in [1.54, 1.807) is 24.3 Å². The molecule has 3 aromatic carbocycles. The molecule has 0 aliphatic carbocycles. The van der Waals surface area contributed by atoms with Crippen molar-refractivity contribution in [2.45, 2.75) is 17.9 Å². The second kappa shape index (κ2) is 8.77. The molecule has 0 bridgehead atoms. The van der Waals surface area contributed by atoms with Crippen LogP contribution in [0.3, 0.4) is 0 Å². The van der Waals surface area contributed by atoms with E-state index in [0.29, 0.717) is 27.8 Å². The third-order valence-electron chi connectivity index (χ3n) is 4.72. The van der Waals surface area contributed by atoms with Crippen LogP contribution < -0.4 is 0 Å². The summed E-state index contributed by atoms with van der Waals surface area (Å²) in [7, 11) is 0. The molecule has 0 saturated heterocycles. The number of ketones is 1. The van der Waals surface area contributed by atoms with E-state index < -0.39 is 11.7 Å². The average molecular weight is 461 g/mol. The molecule has 8 heteroatoms. The predicted molar refractivity (Wildman–Crippen MR) is 117 cm³/mol. The zero-order valence-electron chi connectivity index (χ0n) is 16.1. The predicted octanol–water partition coefficient (Wildman–Crippen LogP) is 6.73. The number of alkyl halides is 3. The fourth-order valence-electron chi connectivity index (χ4n) is 3.16. The molecular weight excluding hydrogens is 445 g/mol. The smallest absolute Gasteiger partial charge is 0.314 e. The second-order valence-electron chi connectivity index (χ2n) is 6.89. The number of fused-ring (bicyclic) bond motifs is 1. The summed E-state index contributed by atoms with van der Waals surface area (Å²) in [5.41, 5.74) is 1.57. The van der Waals surface area contributed by atoms with Crippen molar-refractivity contribution in [3.63, 3.8) is 0 Å². The zero-order valence-corrected chi connectivity index (χ0v) is 17.6. The Bertz CT molecular complexity index is 1220. The Balaban J connectivity index is 1.67. The molecule has 0 unspecified atom stereocenters. The molecule has 1 aromatic heterocycles. The first kappa shape index (κ1) is 21.5. The van der Waals surface area contributed by atoms with Gasteiger partial charge >= 0.3 is 6.18 Å². The average Bonchev–Trinajstić information content (AvgIpc) is 3.09. The highest BCUT2D eigenvalue weighted by Crippen LogP contribution is 2.33. The fraction of sp³-hybridized carbons (Fsp3) is 0.130. The van der Waals surface area contributed by atoms with Gasteiger partial charge in [0.25, 0.3) is 0 Å². The van der Waals surface area contributed by atoms with Crippen LogP contribution in [0.25, 0.3) is 11.0 Å². The van der Waals surface area contributed by atoms with Crippen LogP contribution in [0, 0.1) is 0 Å². The molecule has 0 fully saturated rings. The van der Waals surface area contributed by atoms with Gasteiger partial charge in [0.1, 0.15) is 0 Å². The minimum atomic E-state index is -4.45. The number of hydrogen-bond acceptors (Lipinski definition) is 3. The summed E-state index contributed by atoms with van der Waals surface area (Å²) in [5.74, 6) is -0.0118. The summed E-state index contributed by atoms with van der Waals surface area (Å²) in [4.78, 5) is 17.0. The Morgan fingerprint density at radius 3 is 2.39 bits per heavy atom. The van der Waals surface area contributed by atoms with Gasteiger partial charge in [0, 0.05) is 10.6 Å². The van der Waals surface area contributed by atoms with E-state index >= 15 is 0 Å². The lowest BCUT2D eigenvalue weighted by Gasteiger charge is -2.10. The van der Waals surface area contributed by atoms with Crippen molar-refractivity contribution in [1.29, 1.82) is 0 Å². The molecule has 3 nitrogen and oxygen atoms in total. The molecule has 0 spiro atoms. The maximum absolute atomic E-state index is 13.1. The first-order chi connectivity index (χ1) is 14.8. The number of rotatable bonds is 6. The third kappa shape index (κ3) is 4.94. The van der Waals surface area contributed by atoms with Gasteiger partial charge in [-0.15, -0.1) is 0 Å². The number of Topliss-reactive ketones (excluding diaryl/α,β-unsaturated/α-hetero) is 1. The van der Waals surface area contributed by atoms with Crippen molar-refractivity contribution >= 4 is 40.2 Å². The summed E-state index contributed by atoms with van der Waals surface area (Å²) in [6, 6.07) is 19.7. The minimum absolute atomic E-state index is 0.103. The third-order valence-corrected chi connectivity index (χ3v) is 5.95. The lowest BCUT2D eigenvalue weighted by Crippen LogP contribution is -2.06. The van der Waals surface area contributed by atoms with Crippen molar-refractivity contribution in [1.82, 2.24) is 9.55 Å². The van der Waals surface area contributed by atoms with Gasteiger partial charge in [0.05, 0.1) is 28.9 Å². The summed E-state index contributed by atoms with van der Waals surface area (Å²) in [5, 5.41) is 1.02. The van der Waals surface area contributed by atoms with E-state index in [0.717, 1.165) is 17.7 Å². The standard InChI is InChI=1S/C23H16ClF3N2OS/c24-18-9-6-16(7-10-18)21(30)14-31-22-28-19-12-17(23(25,26)27)8-11-20(19)29(22)13-15-4-2-1-3-5-15/h1-12H,13-14H2. The molecule has 4 rings (SSSR count). The van der Waals surface area contributed by atoms with Gasteiger partial charge in [-0.3, -0.25) is 4.79 Å². The number of halogens is 4. The molecular formula is C23H16ClF3N2OS. The number of nitrogens with zero attached hydrogens (tertiary/aromatic N) is 2. The highest BCUT2D eigenvalue weighted by molar-refractivity contribution is 7.99. The van der Waals surface area contributed by atoms with Crippen LogP contribution in [-0.2, 0) is 12.7 Å². The van der Waals surface area contributed by atoms with Crippen LogP contribution >= 0.6 is 23.4 Å². The first-order valence-corrected chi connectivity index (χ1v) is 10.7. The van der Waals surface area contributed by atoms with E-state index in [1.165, 1.54) is 17.8 Å². The number of thioether (sulfide) groups is 1. The molecule has 0 aliphatic rings. The Morgan fingerprint density at radius 2 is 1.71 bits per heavy atom. The van der Waals surface area contributed by atoms with Crippen LogP contribution in [0.5, 0.6) is 0 Å². The summed E-state index contributed by atoms with van der Waals surface area (Å²) < 4.78 is 41.3. The van der Waals surface area contributed by atoms with E-state index in [1.807, 2.05) is 34.9 Å². The van der Waals surface area contributed by atoms with E-state index in [2.05, 4.69) is 4.98 Å². The van der Waals surface area contributed by atoms with E-state index in [4.69, 9.17) is 11.6 Å². The van der Waals surface area contributed by atoms with Crippen LogP contribution in [0.2, 0.25) is 5.02 Å². The summed E-state index contributed by atoms with van der Waals surface area (Å²) >= 11 is 7.07. The number of carbonyl (C=O) groups is 1. The van der Waals surface area contributed by atoms with E-state index in [-0.39, 0.29) is 17.1 Å². The van der Waals surface area contributed by atoms with Crippen LogP contribution in [0.4, 0.5) is 13.2 Å². The molecule has 158 valence electrons. The Hall–Kier alpha value is -2.77. The lowest BCUT2D eigenvalue weighted by molar-refractivity contribution is -0.137. The number of carbonyl (C=O) groups excluding carboxylic acids is 1. The molecule has 0 saturated carbocycles. The number of benzene rings is 3. The molecule has 1 heterocycles. The maximum atomic E-state index is 13.1. The molecule has 31 heavy (non-hydrogen) atoms. The van der Waals surface area contributed by atoms with Gasteiger partial charge in [0.2, 0.25) is 0 Å². The van der Waals surface area contributed by atoms with Crippen molar-refractivity contribution < 1.29 is 18.0 Å². The van der Waals surface area contributed by atoms with Crippen molar-refractivity contribution in [3.05, 3.63) is 94.5 Å². The molecule has 0 radical (unpaired) electrons. The summed E-state index contributed by atoms with van der Waals surface area (Å²) in [6.45, 7) is 0.431. The normalized spacial score (nSPS) is 11.7. The first-order valence-electron chi connectivity index (χ1n) is 9.34. The highest BCUT2D eigenvalue weighted by atomic mass is 35.5. The van der Waals surface area contributed by atoms with Crippen molar-refractivity contribution in [3.8, 4) is 0 Å². The number of aromatic nitrogens is 2. The van der Waals surface area contributed by atoms with Gasteiger partial charge in [-0.05, 0) is 48.0 Å². The molecule has 0 N–H and O–H groups in total. The van der Waals surface area contributed by atoms with Crippen molar-refractivity contribution in [2.75, 3.05) is 5.75 Å². The maximum Gasteiger partial charge on any atom is 0.416 e. The lowest BCUT2D eigenvalue weighted by atomic mass is 10.1. The fourth-order valence-corrected chi connectivity index (χ4v) is 4.20. The second-order valence-corrected chi connectivity index (χ2v) is 8.27. The topological polar surface area (TPSA) is 34.9 Å². The molecule has 4 aromatic rings. The number of hydrogen-bond donors (Lipinski definition) is 0. The van der Waals surface area contributed by atoms with Gasteiger partial charge in [0.15, 0.2) is 10.9 Å². The van der Waals surface area contributed by atoms with Crippen LogP contribution in [0.1, 0.15) is 21.5 Å². The Kier molecular flexibility index (Phi) is 6.07. The van der Waals surface area contributed by atoms with Crippen molar-refractivity contribution in [2.24, 2.45) is 0 Å². The van der Waals surface area contributed by atoms with Crippen LogP contribution in [0.15, 0.2) is 78.0 Å². The minimum Gasteiger partial charge on any atom is -0.314 e. The highest BCUT2D eigenvalue weighted by Gasteiger charge is 2.31. The zero-order chi connectivity index (χ0) is 22.0. The van der Waals surface area contributed by atoms with Gasteiger partial charge in [-0.25, -0.2) is 4.98 Å². The largest absolute Gasteiger partial charge is 0.416 e. The Labute approximate surface area is 185 Å². The van der Waals surface area contributed by atoms with Gasteiger partial charge < -0.3 is 4.57 Å². The molecule has 0 aliphatic heterocycles. The van der Waals surface area contributed by atoms with Crippen LogP contribution in [-0.4, -0.2) is 21.1 Å². The SMILES string of the molecule is O=C(CSc1nc2cc(C(F)(F)F)ccc2n1Cc1ccccc1)c1ccc(Cl)cc1. The molecule has 0 atom stereocenters. The monoisotopic (exact) mass is 460 g/mol. The molecule has 0 amide bonds. The number of imidazole rings is 1. The Morgan fingerprint density at radius 1 is 1.00 bits per heavy atom. The van der Waals surface area contributed by atoms with E-state index in [9.17, 15) is 18.0 Å².